The first-order chi connectivity index (χ1) is 8.66. The molecule has 0 aromatic heterocycles. The molecule has 100 valence electrons. The third-order valence-corrected chi connectivity index (χ3v) is 3.55. The summed E-state index contributed by atoms with van der Waals surface area (Å²) in [4.78, 5) is 2.44. The highest BCUT2D eigenvalue weighted by Gasteiger charge is 2.11. The summed E-state index contributed by atoms with van der Waals surface area (Å²) in [6, 6.07) is 5.89. The van der Waals surface area contributed by atoms with E-state index in [2.05, 4.69) is 4.90 Å². The lowest BCUT2D eigenvalue weighted by molar-refractivity contribution is 0.199. The van der Waals surface area contributed by atoms with Crippen LogP contribution < -0.4 is 4.74 Å². The Morgan fingerprint density at radius 1 is 1.33 bits per heavy atom. The molecule has 1 atom stereocenters. The van der Waals surface area contributed by atoms with Crippen molar-refractivity contribution >= 4 is 0 Å². The molecule has 1 saturated heterocycles. The predicted molar refractivity (Wildman–Crippen MR) is 73.0 cm³/mol. The van der Waals surface area contributed by atoms with Gasteiger partial charge in [-0.25, -0.2) is 0 Å². The predicted octanol–water partition coefficient (Wildman–Crippen LogP) is 2.52. The van der Waals surface area contributed by atoms with Gasteiger partial charge in [-0.3, -0.25) is 4.90 Å². The maximum Gasteiger partial charge on any atom is 0.122 e. The van der Waals surface area contributed by atoms with Gasteiger partial charge in [-0.2, -0.15) is 0 Å². The maximum absolute atomic E-state index is 9.51. The van der Waals surface area contributed by atoms with Crippen molar-refractivity contribution < 1.29 is 9.84 Å². The second-order valence-corrected chi connectivity index (χ2v) is 5.10. The largest absolute Gasteiger partial charge is 0.492 e. The van der Waals surface area contributed by atoms with Crippen LogP contribution in [0.2, 0.25) is 0 Å². The number of benzene rings is 1. The molecule has 1 aromatic carbocycles. The number of ether oxygens (including phenoxy) is 1. The van der Waals surface area contributed by atoms with E-state index in [0.29, 0.717) is 0 Å². The molecule has 1 aliphatic rings. The second kappa shape index (κ2) is 6.21. The van der Waals surface area contributed by atoms with E-state index in [1.165, 1.54) is 25.9 Å². The number of likely N-dealkylation sites (tertiary alicyclic amines) is 1. The molecule has 1 heterocycles. The van der Waals surface area contributed by atoms with E-state index < -0.39 is 6.10 Å². The Hall–Kier alpha value is -1.06. The number of hydrogen-bond donors (Lipinski definition) is 1. The topological polar surface area (TPSA) is 32.7 Å². The highest BCUT2D eigenvalue weighted by Crippen LogP contribution is 2.22. The maximum atomic E-state index is 9.51. The number of aliphatic hydroxyl groups is 1. The zero-order valence-corrected chi connectivity index (χ0v) is 11.4. The van der Waals surface area contributed by atoms with Gasteiger partial charge in [-0.05, 0) is 63.0 Å². The monoisotopic (exact) mass is 249 g/mol. The number of rotatable bonds is 5. The molecule has 1 N–H and O–H groups in total. The van der Waals surface area contributed by atoms with Crippen LogP contribution >= 0.6 is 0 Å². The third kappa shape index (κ3) is 3.47. The molecule has 0 aliphatic carbocycles. The molecule has 3 heteroatoms. The van der Waals surface area contributed by atoms with Crippen LogP contribution in [0.3, 0.4) is 0 Å². The lowest BCUT2D eigenvalue weighted by Crippen LogP contribution is -2.25. The fourth-order valence-corrected chi connectivity index (χ4v) is 2.39. The van der Waals surface area contributed by atoms with Crippen molar-refractivity contribution in [1.82, 2.24) is 4.90 Å². The van der Waals surface area contributed by atoms with E-state index in [0.717, 1.165) is 30.0 Å². The Morgan fingerprint density at radius 3 is 2.67 bits per heavy atom. The molecule has 1 aromatic rings. The van der Waals surface area contributed by atoms with Gasteiger partial charge in [0.25, 0.3) is 0 Å². The molecule has 0 radical (unpaired) electrons. The van der Waals surface area contributed by atoms with Gasteiger partial charge >= 0.3 is 0 Å². The lowest BCUT2D eigenvalue weighted by Gasteiger charge is -2.16. The summed E-state index contributed by atoms with van der Waals surface area (Å²) in [5.74, 6) is 0.929. The van der Waals surface area contributed by atoms with Gasteiger partial charge in [0.15, 0.2) is 0 Å². The van der Waals surface area contributed by atoms with Crippen molar-refractivity contribution in [3.63, 3.8) is 0 Å². The fraction of sp³-hybridized carbons (Fsp3) is 0.600. The lowest BCUT2D eigenvalue weighted by atomic mass is 10.1. The van der Waals surface area contributed by atoms with Gasteiger partial charge in [-0.1, -0.05) is 6.07 Å². The molecule has 1 fully saturated rings. The van der Waals surface area contributed by atoms with Crippen molar-refractivity contribution in [3.05, 3.63) is 29.3 Å². The summed E-state index contributed by atoms with van der Waals surface area (Å²) < 4.78 is 5.81. The minimum atomic E-state index is -0.414. The summed E-state index contributed by atoms with van der Waals surface area (Å²) in [6.45, 7) is 7.98. The quantitative estimate of drug-likeness (QED) is 0.870. The Balaban J connectivity index is 1.85. The summed E-state index contributed by atoms with van der Waals surface area (Å²) in [7, 11) is 0. The SMILES string of the molecule is Cc1cc(C(C)O)ccc1OCCN1CCCC1. The standard InChI is InChI=1S/C15H23NO2/c1-12-11-14(13(2)17)5-6-15(12)18-10-9-16-7-3-4-8-16/h5-6,11,13,17H,3-4,7-10H2,1-2H3. The first kappa shape index (κ1) is 13.4. The Bertz CT molecular complexity index is 384. The van der Waals surface area contributed by atoms with Crippen LogP contribution in [-0.4, -0.2) is 36.2 Å². The molecular formula is C15H23NO2. The van der Waals surface area contributed by atoms with E-state index in [1.54, 1.807) is 6.92 Å². The first-order valence-corrected chi connectivity index (χ1v) is 6.80. The summed E-state index contributed by atoms with van der Waals surface area (Å²) in [6.07, 6.45) is 2.23. The molecular weight excluding hydrogens is 226 g/mol. The Morgan fingerprint density at radius 2 is 2.06 bits per heavy atom. The van der Waals surface area contributed by atoms with Crippen LogP contribution in [0.5, 0.6) is 5.75 Å². The third-order valence-electron chi connectivity index (χ3n) is 3.55. The number of aliphatic hydroxyl groups excluding tert-OH is 1. The number of aryl methyl sites for hydroxylation is 1. The van der Waals surface area contributed by atoms with Crippen LogP contribution in [0.4, 0.5) is 0 Å². The van der Waals surface area contributed by atoms with Crippen molar-refractivity contribution in [2.45, 2.75) is 32.8 Å². The van der Waals surface area contributed by atoms with Crippen LogP contribution in [-0.2, 0) is 0 Å². The van der Waals surface area contributed by atoms with Gasteiger partial charge in [0.2, 0.25) is 0 Å². The fourth-order valence-electron chi connectivity index (χ4n) is 2.39. The summed E-state index contributed by atoms with van der Waals surface area (Å²) >= 11 is 0. The van der Waals surface area contributed by atoms with Crippen molar-refractivity contribution in [2.75, 3.05) is 26.2 Å². The molecule has 18 heavy (non-hydrogen) atoms. The van der Waals surface area contributed by atoms with Gasteiger partial charge in [0, 0.05) is 6.54 Å². The zero-order chi connectivity index (χ0) is 13.0. The highest BCUT2D eigenvalue weighted by molar-refractivity contribution is 5.36. The zero-order valence-electron chi connectivity index (χ0n) is 11.4. The van der Waals surface area contributed by atoms with E-state index in [1.807, 2.05) is 25.1 Å². The molecule has 1 aliphatic heterocycles. The molecule has 0 saturated carbocycles. The van der Waals surface area contributed by atoms with Gasteiger partial charge in [-0.15, -0.1) is 0 Å². The van der Waals surface area contributed by atoms with E-state index >= 15 is 0 Å². The van der Waals surface area contributed by atoms with E-state index in [-0.39, 0.29) is 0 Å². The minimum absolute atomic E-state index is 0.414. The van der Waals surface area contributed by atoms with Gasteiger partial charge in [0.05, 0.1) is 6.10 Å². The normalized spacial score (nSPS) is 17.9. The molecule has 2 rings (SSSR count). The summed E-state index contributed by atoms with van der Waals surface area (Å²) in [5.41, 5.74) is 2.04. The van der Waals surface area contributed by atoms with Gasteiger partial charge in [0.1, 0.15) is 12.4 Å². The van der Waals surface area contributed by atoms with Crippen LogP contribution in [0.15, 0.2) is 18.2 Å². The smallest absolute Gasteiger partial charge is 0.122 e. The molecule has 0 spiro atoms. The number of nitrogens with zero attached hydrogens (tertiary/aromatic N) is 1. The average molecular weight is 249 g/mol. The molecule has 0 bridgehead atoms. The Labute approximate surface area is 109 Å². The van der Waals surface area contributed by atoms with Crippen LogP contribution in [0.1, 0.15) is 37.0 Å². The van der Waals surface area contributed by atoms with Crippen molar-refractivity contribution in [2.24, 2.45) is 0 Å². The number of hydrogen-bond acceptors (Lipinski definition) is 3. The molecule has 3 nitrogen and oxygen atoms in total. The van der Waals surface area contributed by atoms with E-state index in [4.69, 9.17) is 4.74 Å². The first-order valence-electron chi connectivity index (χ1n) is 6.80. The Kier molecular flexibility index (Phi) is 4.61. The van der Waals surface area contributed by atoms with Crippen LogP contribution in [0.25, 0.3) is 0 Å². The van der Waals surface area contributed by atoms with Gasteiger partial charge < -0.3 is 9.84 Å². The molecule has 0 amide bonds. The van der Waals surface area contributed by atoms with Crippen molar-refractivity contribution in [3.8, 4) is 5.75 Å². The minimum Gasteiger partial charge on any atom is -0.492 e. The van der Waals surface area contributed by atoms with Crippen molar-refractivity contribution in [1.29, 1.82) is 0 Å². The highest BCUT2D eigenvalue weighted by atomic mass is 16.5. The second-order valence-electron chi connectivity index (χ2n) is 5.10. The van der Waals surface area contributed by atoms with E-state index in [9.17, 15) is 5.11 Å². The molecule has 1 unspecified atom stereocenters. The average Bonchev–Trinajstić information content (AvgIpc) is 2.84. The van der Waals surface area contributed by atoms with Crippen LogP contribution in [0, 0.1) is 6.92 Å². The summed E-state index contributed by atoms with van der Waals surface area (Å²) in [5, 5.41) is 9.51.